The highest BCUT2D eigenvalue weighted by Gasteiger charge is 2.22. The first-order valence-corrected chi connectivity index (χ1v) is 6.38. The summed E-state index contributed by atoms with van der Waals surface area (Å²) >= 11 is 3.43. The summed E-state index contributed by atoms with van der Waals surface area (Å²) in [4.78, 5) is 0. The first-order chi connectivity index (χ1) is 7.29. The van der Waals surface area contributed by atoms with Crippen molar-refractivity contribution < 1.29 is 9.13 Å². The lowest BCUT2D eigenvalue weighted by Gasteiger charge is -2.30. The topological polar surface area (TPSA) is 9.23 Å². The zero-order chi connectivity index (χ0) is 10.7. The maximum absolute atomic E-state index is 12.7. The maximum Gasteiger partial charge on any atom is 0.123 e. The molecule has 82 valence electrons. The van der Waals surface area contributed by atoms with Crippen molar-refractivity contribution in [3.63, 3.8) is 0 Å². The van der Waals surface area contributed by atoms with Crippen LogP contribution in [-0.4, -0.2) is 11.4 Å². The summed E-state index contributed by atoms with van der Waals surface area (Å²) in [6, 6.07) is 6.55. The molecule has 1 aliphatic rings. The van der Waals surface area contributed by atoms with E-state index < -0.39 is 0 Å². The van der Waals surface area contributed by atoms with E-state index in [0.29, 0.717) is 6.10 Å². The predicted octanol–water partition coefficient (Wildman–Crippen LogP) is 3.83. The van der Waals surface area contributed by atoms with Crippen LogP contribution in [0.3, 0.4) is 0 Å². The molecule has 0 bridgehead atoms. The number of halogens is 2. The minimum Gasteiger partial charge on any atom is -0.369 e. The van der Waals surface area contributed by atoms with Gasteiger partial charge in [0.05, 0.1) is 12.2 Å². The summed E-state index contributed by atoms with van der Waals surface area (Å²) in [7, 11) is 0. The average molecular weight is 273 g/mol. The van der Waals surface area contributed by atoms with Crippen molar-refractivity contribution in [2.75, 3.05) is 5.33 Å². The van der Waals surface area contributed by atoms with E-state index in [9.17, 15) is 4.39 Å². The Labute approximate surface area is 97.8 Å². The van der Waals surface area contributed by atoms with Gasteiger partial charge in [0, 0.05) is 5.33 Å². The summed E-state index contributed by atoms with van der Waals surface area (Å²) in [5.41, 5.74) is 1.04. The maximum atomic E-state index is 12.7. The fourth-order valence-corrected chi connectivity index (χ4v) is 2.15. The molecule has 1 fully saturated rings. The first kappa shape index (κ1) is 11.1. The Balaban J connectivity index is 2.01. The number of alkyl halides is 1. The van der Waals surface area contributed by atoms with Crippen molar-refractivity contribution >= 4 is 15.9 Å². The summed E-state index contributed by atoms with van der Waals surface area (Å²) in [5.74, 6) is -0.198. The Hall–Kier alpha value is -0.410. The molecule has 0 radical (unpaired) electrons. The highest BCUT2D eigenvalue weighted by Crippen LogP contribution is 2.29. The van der Waals surface area contributed by atoms with E-state index >= 15 is 0 Å². The van der Waals surface area contributed by atoms with Crippen LogP contribution in [0.1, 0.15) is 30.9 Å². The van der Waals surface area contributed by atoms with E-state index in [2.05, 4.69) is 15.9 Å². The number of ether oxygens (including phenoxy) is 1. The lowest BCUT2D eigenvalue weighted by Crippen LogP contribution is -2.24. The van der Waals surface area contributed by atoms with Gasteiger partial charge in [0.25, 0.3) is 0 Å². The van der Waals surface area contributed by atoms with Gasteiger partial charge in [0.1, 0.15) is 5.82 Å². The van der Waals surface area contributed by atoms with Crippen LogP contribution in [0.5, 0.6) is 0 Å². The molecule has 1 aromatic carbocycles. The number of hydrogen-bond acceptors (Lipinski definition) is 1. The average Bonchev–Trinajstić information content (AvgIpc) is 2.19. The first-order valence-electron chi connectivity index (χ1n) is 5.26. The molecule has 0 N–H and O–H groups in total. The fourth-order valence-electron chi connectivity index (χ4n) is 1.62. The zero-order valence-electron chi connectivity index (χ0n) is 8.46. The van der Waals surface area contributed by atoms with Gasteiger partial charge in [0.15, 0.2) is 0 Å². The second-order valence-electron chi connectivity index (χ2n) is 3.88. The third-order valence-electron chi connectivity index (χ3n) is 2.79. The molecule has 1 aliphatic carbocycles. The smallest absolute Gasteiger partial charge is 0.123 e. The van der Waals surface area contributed by atoms with E-state index in [1.807, 2.05) is 0 Å². The minimum absolute atomic E-state index is 0.0518. The molecular weight excluding hydrogens is 259 g/mol. The van der Waals surface area contributed by atoms with Crippen LogP contribution in [-0.2, 0) is 4.74 Å². The molecule has 3 heteroatoms. The number of rotatable bonds is 4. The summed E-state index contributed by atoms with van der Waals surface area (Å²) in [6.07, 6.45) is 4.03. The van der Waals surface area contributed by atoms with Gasteiger partial charge >= 0.3 is 0 Å². The molecule has 15 heavy (non-hydrogen) atoms. The highest BCUT2D eigenvalue weighted by molar-refractivity contribution is 9.09. The van der Waals surface area contributed by atoms with E-state index in [-0.39, 0.29) is 11.9 Å². The van der Waals surface area contributed by atoms with Crippen molar-refractivity contribution in [2.45, 2.75) is 31.5 Å². The molecule has 0 heterocycles. The van der Waals surface area contributed by atoms with Gasteiger partial charge in [-0.3, -0.25) is 0 Å². The third-order valence-corrected chi connectivity index (χ3v) is 3.38. The Morgan fingerprint density at radius 1 is 1.33 bits per heavy atom. The molecular formula is C12H14BrFO. The predicted molar refractivity (Wildman–Crippen MR) is 61.7 cm³/mol. The lowest BCUT2D eigenvalue weighted by atomic mass is 9.96. The van der Waals surface area contributed by atoms with Crippen molar-refractivity contribution in [3.05, 3.63) is 35.6 Å². The van der Waals surface area contributed by atoms with Gasteiger partial charge < -0.3 is 4.74 Å². The van der Waals surface area contributed by atoms with Gasteiger partial charge in [-0.05, 0) is 37.0 Å². The molecule has 0 saturated heterocycles. The normalized spacial score (nSPS) is 18.5. The Kier molecular flexibility index (Phi) is 3.76. The minimum atomic E-state index is -0.198. The van der Waals surface area contributed by atoms with Gasteiger partial charge in [-0.2, -0.15) is 0 Å². The van der Waals surface area contributed by atoms with Crippen molar-refractivity contribution in [1.82, 2.24) is 0 Å². The largest absolute Gasteiger partial charge is 0.369 e. The van der Waals surface area contributed by atoms with Crippen LogP contribution >= 0.6 is 15.9 Å². The Bertz CT molecular complexity index is 308. The summed E-state index contributed by atoms with van der Waals surface area (Å²) in [6.45, 7) is 0. The van der Waals surface area contributed by atoms with Crippen LogP contribution < -0.4 is 0 Å². The molecule has 1 nitrogen and oxygen atoms in total. The van der Waals surface area contributed by atoms with Crippen LogP contribution in [0, 0.1) is 5.82 Å². The number of benzene rings is 1. The van der Waals surface area contributed by atoms with E-state index in [0.717, 1.165) is 23.7 Å². The second kappa shape index (κ2) is 5.08. The highest BCUT2D eigenvalue weighted by atomic mass is 79.9. The van der Waals surface area contributed by atoms with E-state index in [4.69, 9.17) is 4.74 Å². The lowest BCUT2D eigenvalue weighted by molar-refractivity contribution is -0.0419. The van der Waals surface area contributed by atoms with Gasteiger partial charge in [-0.15, -0.1) is 0 Å². The summed E-state index contributed by atoms with van der Waals surface area (Å²) < 4.78 is 18.6. The van der Waals surface area contributed by atoms with E-state index in [1.54, 1.807) is 12.1 Å². The van der Waals surface area contributed by atoms with E-state index in [1.165, 1.54) is 18.6 Å². The van der Waals surface area contributed by atoms with Gasteiger partial charge in [-0.25, -0.2) is 4.39 Å². The van der Waals surface area contributed by atoms with Crippen molar-refractivity contribution in [1.29, 1.82) is 0 Å². The standard InChI is InChI=1S/C12H14BrFO/c13-8-12(15-11-2-1-3-11)9-4-6-10(14)7-5-9/h4-7,11-12H,1-3,8H2. The Morgan fingerprint density at radius 2 is 2.00 bits per heavy atom. The quantitative estimate of drug-likeness (QED) is 0.757. The molecule has 1 unspecified atom stereocenters. The van der Waals surface area contributed by atoms with Crippen LogP contribution in [0.25, 0.3) is 0 Å². The molecule has 1 atom stereocenters. The molecule has 1 saturated carbocycles. The summed E-state index contributed by atoms with van der Waals surface area (Å²) in [5, 5.41) is 0.759. The molecule has 0 aliphatic heterocycles. The van der Waals surface area contributed by atoms with Gasteiger partial charge in [0.2, 0.25) is 0 Å². The van der Waals surface area contributed by atoms with Crippen molar-refractivity contribution in [2.24, 2.45) is 0 Å². The number of hydrogen-bond donors (Lipinski definition) is 0. The SMILES string of the molecule is Fc1ccc(C(CBr)OC2CCC2)cc1. The molecule has 0 amide bonds. The van der Waals surface area contributed by atoms with Gasteiger partial charge in [-0.1, -0.05) is 28.1 Å². The molecule has 2 rings (SSSR count). The van der Waals surface area contributed by atoms with Crippen LogP contribution in [0.15, 0.2) is 24.3 Å². The fraction of sp³-hybridized carbons (Fsp3) is 0.500. The monoisotopic (exact) mass is 272 g/mol. The molecule has 0 spiro atoms. The second-order valence-corrected chi connectivity index (χ2v) is 4.53. The molecule has 0 aromatic heterocycles. The van der Waals surface area contributed by atoms with Crippen molar-refractivity contribution in [3.8, 4) is 0 Å². The van der Waals surface area contributed by atoms with Crippen LogP contribution in [0.2, 0.25) is 0 Å². The molecule has 1 aromatic rings. The van der Waals surface area contributed by atoms with Crippen LogP contribution in [0.4, 0.5) is 4.39 Å². The zero-order valence-corrected chi connectivity index (χ0v) is 10.0. The third kappa shape index (κ3) is 2.79. The Morgan fingerprint density at radius 3 is 2.47 bits per heavy atom.